The van der Waals surface area contributed by atoms with Gasteiger partial charge in [-0.15, -0.1) is 0 Å². The predicted octanol–water partition coefficient (Wildman–Crippen LogP) is 22.6. The molecule has 8 aliphatic rings. The maximum Gasteiger partial charge on any atom is 0.410 e. The fourth-order valence-corrected chi connectivity index (χ4v) is 15.4. The van der Waals surface area contributed by atoms with Crippen molar-refractivity contribution in [1.82, 2.24) is 39.5 Å². The van der Waals surface area contributed by atoms with Crippen molar-refractivity contribution in [2.45, 2.75) is 228 Å². The van der Waals surface area contributed by atoms with Gasteiger partial charge in [-0.25, -0.2) is 19.2 Å². The van der Waals surface area contributed by atoms with Gasteiger partial charge in [0, 0.05) is 84.5 Å². The number of carbonyl (C=O) groups is 4. The minimum absolute atomic E-state index is 0. The van der Waals surface area contributed by atoms with Crippen molar-refractivity contribution in [3.05, 3.63) is 283 Å². The number of pyridine rings is 4. The Morgan fingerprint density at radius 3 is 0.947 bits per heavy atom. The molecular weight excluding hydrogens is 1760 g/mol. The number of aromatic hydroxyl groups is 2. The fraction of sp³-hybridized carbons (Fsp3) is 0.481. The Bertz CT molecular complexity index is 4680. The molecule has 17 rings (SSSR count). The number of aromatic nitrogens is 4. The van der Waals surface area contributed by atoms with Crippen molar-refractivity contribution in [1.29, 1.82) is 0 Å². The van der Waals surface area contributed by atoms with Crippen LogP contribution in [0.3, 0.4) is 0 Å². The van der Waals surface area contributed by atoms with Gasteiger partial charge < -0.3 is 80.2 Å². The quantitative estimate of drug-likeness (QED) is 0.0245. The van der Waals surface area contributed by atoms with Crippen molar-refractivity contribution in [2.24, 2.45) is 33.9 Å². The first-order valence-corrected chi connectivity index (χ1v) is 44.7. The molecule has 9 aromatic rings. The smallest absolute Gasteiger partial charge is 0.410 e. The number of benzene rings is 5. The molecule has 4 saturated heterocycles. The van der Waals surface area contributed by atoms with Gasteiger partial charge in [-0.1, -0.05) is 192 Å². The SMILES string of the molecule is C.C.C.C.CC(C)(C)OC(=O)N1CC[C@H]1CO.CC(C)(C)OC(=O)N1CC[C@H]1COc1cncc([C@H]2C[C@@H]2COCc2ccccc2)c1.O=C(N=NC(=O)N1CCCCC1)N1CCCCC1.Oc1cncc([C@H]2C[C@@H]2COCc2ccccc2)c1.Oc1cncc([C@H]2C[C@@H]2COCc2ccccc2)c1.[CH3-].[Pd].c1ccc(COC[C@H]2C[C@@H]2c2cncc(OCc3ccccc3)c2)cc1. The second-order valence-corrected chi connectivity index (χ2v) is 35.6. The normalized spacial score (nSPS) is 20.2. The Kier molecular flexibility index (Phi) is 47.1. The zero-order valence-electron chi connectivity index (χ0n) is 75.2. The van der Waals surface area contributed by atoms with Crippen LogP contribution in [-0.2, 0) is 81.9 Å². The number of urea groups is 2. The Hall–Kier alpha value is -10.6. The average molecular weight is 1910 g/mol. The monoisotopic (exact) mass is 1900 g/mol. The Morgan fingerprint density at radius 1 is 0.371 bits per heavy atom. The molecule has 4 saturated carbocycles. The van der Waals surface area contributed by atoms with E-state index >= 15 is 0 Å². The van der Waals surface area contributed by atoms with Crippen LogP contribution in [0.25, 0.3) is 0 Å². The molecule has 3 N–H and O–H groups in total. The van der Waals surface area contributed by atoms with Crippen LogP contribution in [0.1, 0.15) is 222 Å². The van der Waals surface area contributed by atoms with Crippen LogP contribution >= 0.6 is 0 Å². The van der Waals surface area contributed by atoms with E-state index in [1.165, 1.54) is 52.2 Å². The van der Waals surface area contributed by atoms with Gasteiger partial charge >= 0.3 is 24.2 Å². The third-order valence-electron chi connectivity index (χ3n) is 23.1. The molecule has 0 spiro atoms. The van der Waals surface area contributed by atoms with E-state index in [9.17, 15) is 29.4 Å². The number of ether oxygens (including phenoxy) is 8. The number of amides is 6. The number of aliphatic hydroxyl groups excluding tert-OH is 1. The molecule has 8 heterocycles. The van der Waals surface area contributed by atoms with Crippen molar-refractivity contribution < 1.29 is 92.8 Å². The van der Waals surface area contributed by atoms with Crippen LogP contribution in [0.5, 0.6) is 23.0 Å². The summed E-state index contributed by atoms with van der Waals surface area (Å²) in [7, 11) is 0. The fourth-order valence-electron chi connectivity index (χ4n) is 15.4. The van der Waals surface area contributed by atoms with Crippen LogP contribution in [0, 0.1) is 31.1 Å². The van der Waals surface area contributed by atoms with Crippen LogP contribution in [-0.4, -0.2) is 181 Å². The molecule has 4 aliphatic carbocycles. The molecule has 6 amide bonds. The van der Waals surface area contributed by atoms with Gasteiger partial charge in [0.1, 0.15) is 47.4 Å². The number of rotatable bonds is 27. The van der Waals surface area contributed by atoms with Crippen LogP contribution in [0.2, 0.25) is 0 Å². The summed E-state index contributed by atoms with van der Waals surface area (Å²) in [5.41, 5.74) is 9.76. The summed E-state index contributed by atoms with van der Waals surface area (Å²) in [5.74, 6) is 6.34. The molecule has 0 bridgehead atoms. The van der Waals surface area contributed by atoms with Crippen LogP contribution in [0.4, 0.5) is 19.2 Å². The maximum absolute atomic E-state index is 12.3. The Balaban J connectivity index is 0.000000246. The van der Waals surface area contributed by atoms with Crippen molar-refractivity contribution in [2.75, 3.05) is 78.9 Å². The zero-order valence-corrected chi connectivity index (χ0v) is 76.7. The van der Waals surface area contributed by atoms with Gasteiger partial charge in [0.15, 0.2) is 0 Å². The zero-order chi connectivity index (χ0) is 88.5. The first kappa shape index (κ1) is 110. The average Bonchev–Trinajstić information content (AvgIpc) is 1.74. The third kappa shape index (κ3) is 37.8. The molecule has 26 heteroatoms. The molecule has 0 radical (unpaired) electrons. The first-order valence-electron chi connectivity index (χ1n) is 44.7. The van der Waals surface area contributed by atoms with Crippen molar-refractivity contribution >= 4 is 24.2 Å². The standard InChI is InChI=1S/C25H32N2O4.C23H23NO2.2C16H17NO2.C12H20N4O2.C9H17NO3.4CH4.CH3.Pd/c1-25(2,3)31-24(28)27-10-9-21(27)17-30-22-11-19(13-26-14-22)23-12-20(23)16-29-15-18-7-5-4-6-8-18;1-3-7-18(8-4-1)15-25-17-21-12-23(21)20-11-22(14-24-13-20)26-16-19-9-5-2-6-10-19;2*18-15-6-13(8-17-9-15)16-7-14(16)11-19-10-12-4-2-1-3-5-12;17-11(15-7-3-1-4-8-15)13-14-12(18)16-9-5-2-6-10-16;1-9(2,3)13-8(12)10-5-4-7(10)6-11;;;;;;/h4-8,11,13-14,20-21,23H,9-10,12,15-17H2,1-3H3;1-11,13-14,21,23H,12,15-17H2;2*1-6,8-9,14,16,18H,7,10-11H2;1-10H2;7,11H,4-6H2,1-3H3;4*1H4;1H3;/q;;;;;;;;;;-1;/t20-,21+,23-;21-,23-;2*14-,16-;;7-;;;;;;/m1111.0....../s1. The molecule has 4 aliphatic heterocycles. The third-order valence-corrected chi connectivity index (χ3v) is 23.1. The molecule has 0 unspecified atom stereocenters. The van der Waals surface area contributed by atoms with Gasteiger partial charge in [0.05, 0.1) is 96.3 Å². The number of aliphatic hydroxyl groups is 1. The van der Waals surface area contributed by atoms with Crippen LogP contribution < -0.4 is 9.47 Å². The maximum atomic E-state index is 12.3. The van der Waals surface area contributed by atoms with Crippen LogP contribution in [0.15, 0.2) is 236 Å². The van der Waals surface area contributed by atoms with Crippen molar-refractivity contribution in [3.63, 3.8) is 0 Å². The molecule has 4 aromatic heterocycles. The van der Waals surface area contributed by atoms with E-state index in [1.54, 1.807) is 44.1 Å². The van der Waals surface area contributed by atoms with Gasteiger partial charge in [-0.3, -0.25) is 19.9 Å². The first-order chi connectivity index (χ1) is 61.1. The summed E-state index contributed by atoms with van der Waals surface area (Å²) < 4.78 is 45.7. The van der Waals surface area contributed by atoms with E-state index in [1.807, 2.05) is 157 Å². The van der Waals surface area contributed by atoms with Gasteiger partial charge in [-0.2, -0.15) is 0 Å². The minimum Gasteiger partial charge on any atom is -0.506 e. The number of carbonyl (C=O) groups excluding carboxylic acids is 4. The number of nitrogens with zero attached hydrogens (tertiary/aromatic N) is 10. The number of hydrogen-bond donors (Lipinski definition) is 3. The molecule has 720 valence electrons. The van der Waals surface area contributed by atoms with Gasteiger partial charge in [0.2, 0.25) is 0 Å². The Morgan fingerprint density at radius 2 is 0.659 bits per heavy atom. The number of hydrogen-bond acceptors (Lipinski definition) is 19. The summed E-state index contributed by atoms with van der Waals surface area (Å²) in [4.78, 5) is 70.4. The molecule has 8 fully saturated rings. The number of likely N-dealkylation sites (tertiary alicyclic amines) is 4. The predicted molar refractivity (Wildman–Crippen MR) is 514 cm³/mol. The van der Waals surface area contributed by atoms with E-state index in [0.29, 0.717) is 100 Å². The summed E-state index contributed by atoms with van der Waals surface area (Å²) >= 11 is 0. The summed E-state index contributed by atoms with van der Waals surface area (Å²) in [6.45, 7) is 22.3. The number of azo groups is 1. The van der Waals surface area contributed by atoms with Gasteiger partial charge in [-0.05, 0) is 240 Å². The van der Waals surface area contributed by atoms with E-state index in [-0.39, 0.29) is 112 Å². The van der Waals surface area contributed by atoms with Crippen molar-refractivity contribution in [3.8, 4) is 23.0 Å². The van der Waals surface area contributed by atoms with E-state index in [2.05, 4.69) is 103 Å². The number of piperidine rings is 2. The largest absolute Gasteiger partial charge is 0.506 e. The molecule has 25 nitrogen and oxygen atoms in total. The van der Waals surface area contributed by atoms with Gasteiger partial charge in [0.25, 0.3) is 0 Å². The van der Waals surface area contributed by atoms with E-state index < -0.39 is 11.2 Å². The topological polar surface area (TPSA) is 292 Å². The molecular formula is C106H145N10O15Pd-. The molecule has 5 aromatic carbocycles. The summed E-state index contributed by atoms with van der Waals surface area (Å²) in [6, 6.07) is 58.3. The van der Waals surface area contributed by atoms with E-state index in [4.69, 9.17) is 43.0 Å². The van der Waals surface area contributed by atoms with E-state index in [0.717, 1.165) is 151 Å². The molecule has 132 heavy (non-hydrogen) atoms. The summed E-state index contributed by atoms with van der Waals surface area (Å²) in [5, 5.41) is 34.8. The molecule has 10 atom stereocenters. The summed E-state index contributed by atoms with van der Waals surface area (Å²) in [6.07, 6.45) is 26.1. The second kappa shape index (κ2) is 56.5. The minimum atomic E-state index is -0.484. The Labute approximate surface area is 798 Å². The second-order valence-electron chi connectivity index (χ2n) is 35.6.